The first-order valence-electron chi connectivity index (χ1n) is 7.09. The molecule has 0 bridgehead atoms. The number of thiophene rings is 1. The van der Waals surface area contributed by atoms with E-state index in [1.54, 1.807) is 17.5 Å². The molecule has 2 heterocycles. The van der Waals surface area contributed by atoms with E-state index in [9.17, 15) is 4.79 Å². The average Bonchev–Trinajstić information content (AvgIpc) is 3.25. The summed E-state index contributed by atoms with van der Waals surface area (Å²) in [6.07, 6.45) is 1.79. The van der Waals surface area contributed by atoms with Crippen LogP contribution in [0.4, 0.5) is 5.69 Å². The zero-order valence-electron chi connectivity index (χ0n) is 12.0. The molecule has 0 saturated heterocycles. The van der Waals surface area contributed by atoms with Gasteiger partial charge in [0.05, 0.1) is 4.88 Å². The molecule has 0 aliphatic rings. The van der Waals surface area contributed by atoms with Crippen LogP contribution in [0, 0.1) is 0 Å². The van der Waals surface area contributed by atoms with Crippen LogP contribution in [-0.2, 0) is 0 Å². The molecule has 2 aromatic heterocycles. The van der Waals surface area contributed by atoms with Gasteiger partial charge in [0.2, 0.25) is 0 Å². The second-order valence-corrected chi connectivity index (χ2v) is 7.00. The predicted octanol–water partition coefficient (Wildman–Crippen LogP) is 5.28. The van der Waals surface area contributed by atoms with Gasteiger partial charge in [0.25, 0.3) is 5.91 Å². The Morgan fingerprint density at radius 1 is 1.04 bits per heavy atom. The fraction of sp³-hybridized carbons (Fsp3) is 0. The lowest BCUT2D eigenvalue weighted by atomic mass is 10.2. The number of hydrogen-bond donors (Lipinski definition) is 1. The Labute approximate surface area is 141 Å². The number of aromatic nitrogens is 1. The summed E-state index contributed by atoms with van der Waals surface area (Å²) in [6.45, 7) is 0. The van der Waals surface area contributed by atoms with E-state index in [2.05, 4.69) is 10.3 Å². The maximum absolute atomic E-state index is 12.4. The van der Waals surface area contributed by atoms with Crippen LogP contribution in [0.15, 0.2) is 66.2 Å². The van der Waals surface area contributed by atoms with Gasteiger partial charge in [-0.25, -0.2) is 4.98 Å². The van der Waals surface area contributed by atoms with E-state index >= 15 is 0 Å². The molecule has 5 heteroatoms. The minimum Gasteiger partial charge on any atom is -0.321 e. The number of anilines is 1. The molecule has 0 fully saturated rings. The Morgan fingerprint density at radius 3 is 2.61 bits per heavy atom. The molecule has 0 aliphatic heterocycles. The molecular weight excluding hydrogens is 324 g/mol. The quantitative estimate of drug-likeness (QED) is 0.553. The number of carbonyl (C=O) groups excluding carboxylic acids is 1. The van der Waals surface area contributed by atoms with Gasteiger partial charge in [-0.05, 0) is 41.8 Å². The van der Waals surface area contributed by atoms with Gasteiger partial charge in [0.15, 0.2) is 0 Å². The van der Waals surface area contributed by atoms with E-state index in [4.69, 9.17) is 0 Å². The largest absolute Gasteiger partial charge is 0.321 e. The fourth-order valence-electron chi connectivity index (χ4n) is 2.35. The molecule has 0 saturated carbocycles. The van der Waals surface area contributed by atoms with Gasteiger partial charge < -0.3 is 5.32 Å². The van der Waals surface area contributed by atoms with Gasteiger partial charge in [-0.1, -0.05) is 18.2 Å². The van der Waals surface area contributed by atoms with Crippen LogP contribution in [0.2, 0.25) is 0 Å². The fourth-order valence-corrected chi connectivity index (χ4v) is 3.95. The van der Waals surface area contributed by atoms with Gasteiger partial charge in [0, 0.05) is 27.5 Å². The van der Waals surface area contributed by atoms with Gasteiger partial charge in [-0.2, -0.15) is 0 Å². The lowest BCUT2D eigenvalue weighted by Crippen LogP contribution is -2.09. The van der Waals surface area contributed by atoms with Gasteiger partial charge >= 0.3 is 0 Å². The number of nitrogens with zero attached hydrogens (tertiary/aromatic N) is 1. The molecule has 0 radical (unpaired) electrons. The lowest BCUT2D eigenvalue weighted by molar-refractivity contribution is 0.103. The van der Waals surface area contributed by atoms with Crippen molar-refractivity contribution in [3.05, 3.63) is 71.1 Å². The highest BCUT2D eigenvalue weighted by Crippen LogP contribution is 2.27. The van der Waals surface area contributed by atoms with Crippen LogP contribution in [0.5, 0.6) is 0 Å². The number of carbonyl (C=O) groups is 1. The molecule has 23 heavy (non-hydrogen) atoms. The number of thiazole rings is 1. The highest BCUT2D eigenvalue weighted by Gasteiger charge is 2.10. The third-order valence-electron chi connectivity index (χ3n) is 3.47. The van der Waals surface area contributed by atoms with E-state index in [0.717, 1.165) is 31.2 Å². The summed E-state index contributed by atoms with van der Waals surface area (Å²) in [4.78, 5) is 17.4. The molecule has 0 aliphatic carbocycles. The topological polar surface area (TPSA) is 42.0 Å². The van der Waals surface area contributed by atoms with Crippen molar-refractivity contribution < 1.29 is 4.79 Å². The van der Waals surface area contributed by atoms with Crippen LogP contribution < -0.4 is 5.32 Å². The Kier molecular flexibility index (Phi) is 3.65. The van der Waals surface area contributed by atoms with Crippen molar-refractivity contribution in [1.29, 1.82) is 0 Å². The summed E-state index contributed by atoms with van der Waals surface area (Å²) in [6, 6.07) is 17.7. The summed E-state index contributed by atoms with van der Waals surface area (Å²) in [5, 5.41) is 6.97. The second-order valence-electron chi connectivity index (χ2n) is 5.02. The maximum Gasteiger partial charge on any atom is 0.265 e. The predicted molar refractivity (Wildman–Crippen MR) is 97.3 cm³/mol. The normalized spacial score (nSPS) is 10.8. The van der Waals surface area contributed by atoms with Crippen molar-refractivity contribution in [2.24, 2.45) is 0 Å². The first kappa shape index (κ1) is 14.1. The smallest absolute Gasteiger partial charge is 0.265 e. The van der Waals surface area contributed by atoms with Crippen LogP contribution in [0.3, 0.4) is 0 Å². The van der Waals surface area contributed by atoms with Crippen molar-refractivity contribution in [3.63, 3.8) is 0 Å². The second kappa shape index (κ2) is 5.95. The van der Waals surface area contributed by atoms with Crippen molar-refractivity contribution in [3.8, 4) is 10.6 Å². The molecule has 0 unspecified atom stereocenters. The van der Waals surface area contributed by atoms with Crippen LogP contribution in [0.25, 0.3) is 20.7 Å². The van der Waals surface area contributed by atoms with E-state index in [0.29, 0.717) is 0 Å². The summed E-state index contributed by atoms with van der Waals surface area (Å²) in [7, 11) is 0. The maximum atomic E-state index is 12.4. The molecule has 1 amide bonds. The summed E-state index contributed by atoms with van der Waals surface area (Å²) in [5.74, 6) is -0.0757. The summed E-state index contributed by atoms with van der Waals surface area (Å²) < 4.78 is 1.12. The first-order valence-corrected chi connectivity index (χ1v) is 8.79. The van der Waals surface area contributed by atoms with Crippen molar-refractivity contribution >= 4 is 44.4 Å². The summed E-state index contributed by atoms with van der Waals surface area (Å²) in [5.41, 5.74) is 1.84. The number of rotatable bonds is 3. The Hall–Kier alpha value is -2.50. The van der Waals surface area contributed by atoms with Crippen molar-refractivity contribution in [2.45, 2.75) is 0 Å². The van der Waals surface area contributed by atoms with Crippen LogP contribution >= 0.6 is 22.7 Å². The first-order chi connectivity index (χ1) is 11.3. The molecular formula is C18H12N2OS2. The third-order valence-corrected chi connectivity index (χ3v) is 5.41. The summed E-state index contributed by atoms with van der Waals surface area (Å²) >= 11 is 3.10. The highest BCUT2D eigenvalue weighted by molar-refractivity contribution is 7.20. The molecule has 112 valence electrons. The number of hydrogen-bond acceptors (Lipinski definition) is 4. The molecule has 2 aromatic carbocycles. The standard InChI is InChI=1S/C18H12N2OS2/c21-17(16-11-13-3-1-2-4-15(13)23-16)20-14-7-5-12(6-8-14)18-19-9-10-22-18/h1-11H,(H,20,21). The zero-order valence-corrected chi connectivity index (χ0v) is 13.7. The van der Waals surface area contributed by atoms with E-state index < -0.39 is 0 Å². The van der Waals surface area contributed by atoms with Gasteiger partial charge in [-0.15, -0.1) is 22.7 Å². The third kappa shape index (κ3) is 2.88. The minimum atomic E-state index is -0.0757. The van der Waals surface area contributed by atoms with Crippen LogP contribution in [0.1, 0.15) is 9.67 Å². The molecule has 1 N–H and O–H groups in total. The van der Waals surface area contributed by atoms with Crippen LogP contribution in [-0.4, -0.2) is 10.9 Å². The number of nitrogens with one attached hydrogen (secondary N) is 1. The SMILES string of the molecule is O=C(Nc1ccc(-c2nccs2)cc1)c1cc2ccccc2s1. The number of amides is 1. The van der Waals surface area contributed by atoms with Crippen molar-refractivity contribution in [1.82, 2.24) is 4.98 Å². The number of benzene rings is 2. The van der Waals surface area contributed by atoms with Crippen molar-refractivity contribution in [2.75, 3.05) is 5.32 Å². The molecule has 0 spiro atoms. The molecule has 0 atom stereocenters. The number of fused-ring (bicyclic) bond motifs is 1. The van der Waals surface area contributed by atoms with Gasteiger partial charge in [0.1, 0.15) is 5.01 Å². The molecule has 4 aromatic rings. The van der Waals surface area contributed by atoms with E-state index in [-0.39, 0.29) is 5.91 Å². The van der Waals surface area contributed by atoms with E-state index in [1.165, 1.54) is 11.3 Å². The van der Waals surface area contributed by atoms with E-state index in [1.807, 2.05) is 60.0 Å². The Bertz CT molecular complexity index is 923. The Morgan fingerprint density at radius 2 is 1.87 bits per heavy atom. The zero-order chi connectivity index (χ0) is 15.6. The highest BCUT2D eigenvalue weighted by atomic mass is 32.1. The molecule has 3 nitrogen and oxygen atoms in total. The lowest BCUT2D eigenvalue weighted by Gasteiger charge is -2.04. The minimum absolute atomic E-state index is 0.0757. The van der Waals surface area contributed by atoms with Gasteiger partial charge in [-0.3, -0.25) is 4.79 Å². The molecule has 4 rings (SSSR count). The Balaban J connectivity index is 1.54. The average molecular weight is 336 g/mol. The monoisotopic (exact) mass is 336 g/mol.